The van der Waals surface area contributed by atoms with Crippen molar-refractivity contribution in [3.63, 3.8) is 0 Å². The fourth-order valence-electron chi connectivity index (χ4n) is 3.40. The van der Waals surface area contributed by atoms with Crippen LogP contribution in [0, 0.1) is 0 Å². The Morgan fingerprint density at radius 3 is 2.66 bits per heavy atom. The first-order valence-electron chi connectivity index (χ1n) is 10.6. The van der Waals surface area contributed by atoms with E-state index in [1.165, 1.54) is 11.8 Å². The molecule has 1 amide bonds. The Hall–Kier alpha value is -2.35. The number of nitrogens with zero attached hydrogens (tertiary/aromatic N) is 3. The average Bonchev–Trinajstić information content (AvgIpc) is 2.78. The average molecular weight is 474 g/mol. The molecule has 0 saturated carbocycles. The number of aromatic nitrogens is 2. The number of halogens is 1. The highest BCUT2D eigenvalue weighted by atomic mass is 35.5. The van der Waals surface area contributed by atoms with Crippen molar-refractivity contribution >= 4 is 40.2 Å². The molecule has 3 rings (SSSR count). The molecule has 0 bridgehead atoms. The summed E-state index contributed by atoms with van der Waals surface area (Å²) in [5, 5.41) is 1.54. The highest BCUT2D eigenvalue weighted by molar-refractivity contribution is 7.99. The van der Waals surface area contributed by atoms with Crippen LogP contribution in [0.25, 0.3) is 10.9 Å². The molecule has 8 heteroatoms. The van der Waals surface area contributed by atoms with Crippen LogP contribution < -0.4 is 5.56 Å². The van der Waals surface area contributed by atoms with Gasteiger partial charge in [0.15, 0.2) is 5.16 Å². The number of fused-ring (bicyclic) bond motifs is 1. The van der Waals surface area contributed by atoms with Crippen molar-refractivity contribution in [3.8, 4) is 0 Å². The Balaban J connectivity index is 1.84. The van der Waals surface area contributed by atoms with Crippen molar-refractivity contribution in [1.29, 1.82) is 0 Å². The van der Waals surface area contributed by atoms with E-state index in [-0.39, 0.29) is 23.3 Å². The van der Waals surface area contributed by atoms with Crippen molar-refractivity contribution in [1.82, 2.24) is 14.5 Å². The molecule has 0 aliphatic rings. The van der Waals surface area contributed by atoms with Gasteiger partial charge in [-0.2, -0.15) is 0 Å². The molecule has 0 radical (unpaired) electrons. The fourth-order valence-corrected chi connectivity index (χ4v) is 4.47. The molecule has 3 aromatic rings. The molecule has 2 aromatic carbocycles. The number of amides is 1. The van der Waals surface area contributed by atoms with Gasteiger partial charge in [-0.1, -0.05) is 53.7 Å². The lowest BCUT2D eigenvalue weighted by Crippen LogP contribution is -2.37. The van der Waals surface area contributed by atoms with E-state index >= 15 is 0 Å². The Labute approximate surface area is 197 Å². The van der Waals surface area contributed by atoms with Gasteiger partial charge >= 0.3 is 0 Å². The molecule has 1 aromatic heterocycles. The number of carbonyl (C=O) groups excluding carboxylic acids is 1. The minimum atomic E-state index is -0.136. The molecule has 0 spiro atoms. The van der Waals surface area contributed by atoms with E-state index in [9.17, 15) is 9.59 Å². The van der Waals surface area contributed by atoms with Gasteiger partial charge in [-0.05, 0) is 44.0 Å². The molecule has 0 atom stereocenters. The van der Waals surface area contributed by atoms with Gasteiger partial charge in [0.05, 0.1) is 16.7 Å². The van der Waals surface area contributed by atoms with Crippen LogP contribution in [0.1, 0.15) is 25.8 Å². The molecule has 170 valence electrons. The topological polar surface area (TPSA) is 64.4 Å². The van der Waals surface area contributed by atoms with Crippen LogP contribution in [0.5, 0.6) is 0 Å². The quantitative estimate of drug-likeness (QED) is 0.244. The van der Waals surface area contributed by atoms with Gasteiger partial charge < -0.3 is 9.64 Å². The maximum atomic E-state index is 13.1. The first kappa shape index (κ1) is 24.3. The summed E-state index contributed by atoms with van der Waals surface area (Å²) in [5.74, 6) is 0.186. The van der Waals surface area contributed by atoms with E-state index in [2.05, 4.69) is 4.98 Å². The molecular formula is C24H28ClN3O3S. The third-order valence-electron chi connectivity index (χ3n) is 5.08. The molecule has 0 aliphatic carbocycles. The monoisotopic (exact) mass is 473 g/mol. The Bertz CT molecular complexity index is 1120. The zero-order valence-electron chi connectivity index (χ0n) is 18.6. The maximum absolute atomic E-state index is 13.1. The smallest absolute Gasteiger partial charge is 0.262 e. The standard InChI is InChI=1S/C24H28ClN3O3S/c1-17(2)28(15-18-8-5-4-6-9-18)22(29)16-32-24-26-21-14-19(25)10-11-20(21)23(30)27(24)12-7-13-31-3/h4-6,8-11,14,17H,7,12-13,15-16H2,1-3H3. The van der Waals surface area contributed by atoms with Gasteiger partial charge in [0.2, 0.25) is 5.91 Å². The number of thioether (sulfide) groups is 1. The van der Waals surface area contributed by atoms with Crippen molar-refractivity contribution in [3.05, 3.63) is 69.5 Å². The van der Waals surface area contributed by atoms with Crippen molar-refractivity contribution < 1.29 is 9.53 Å². The number of benzene rings is 2. The summed E-state index contributed by atoms with van der Waals surface area (Å²) in [7, 11) is 1.63. The van der Waals surface area contributed by atoms with Crippen molar-refractivity contribution in [2.24, 2.45) is 0 Å². The van der Waals surface area contributed by atoms with E-state index in [1.54, 1.807) is 29.9 Å². The largest absolute Gasteiger partial charge is 0.385 e. The Morgan fingerprint density at radius 2 is 1.97 bits per heavy atom. The number of methoxy groups -OCH3 is 1. The molecular weight excluding hydrogens is 446 g/mol. The van der Waals surface area contributed by atoms with Crippen molar-refractivity contribution in [2.75, 3.05) is 19.5 Å². The number of hydrogen-bond donors (Lipinski definition) is 0. The summed E-state index contributed by atoms with van der Waals surface area (Å²) < 4.78 is 6.77. The van der Waals surface area contributed by atoms with E-state index in [4.69, 9.17) is 16.3 Å². The predicted molar refractivity (Wildman–Crippen MR) is 130 cm³/mol. The summed E-state index contributed by atoms with van der Waals surface area (Å²) in [6.07, 6.45) is 0.671. The van der Waals surface area contributed by atoms with Crippen molar-refractivity contribution in [2.45, 2.75) is 44.6 Å². The minimum Gasteiger partial charge on any atom is -0.385 e. The van der Waals surface area contributed by atoms with E-state index in [0.29, 0.717) is 47.2 Å². The second-order valence-corrected chi connectivity index (χ2v) is 9.13. The lowest BCUT2D eigenvalue weighted by atomic mass is 10.2. The Kier molecular flexibility index (Phi) is 8.73. The normalized spacial score (nSPS) is 11.3. The van der Waals surface area contributed by atoms with E-state index < -0.39 is 0 Å². The SMILES string of the molecule is COCCCn1c(SCC(=O)N(Cc2ccccc2)C(C)C)nc2cc(Cl)ccc2c1=O. The second-order valence-electron chi connectivity index (χ2n) is 7.75. The van der Waals surface area contributed by atoms with Gasteiger partial charge in [-0.3, -0.25) is 14.2 Å². The highest BCUT2D eigenvalue weighted by Crippen LogP contribution is 2.22. The van der Waals surface area contributed by atoms with E-state index in [0.717, 1.165) is 5.56 Å². The summed E-state index contributed by atoms with van der Waals surface area (Å²) in [6.45, 7) is 5.54. The molecule has 6 nitrogen and oxygen atoms in total. The third-order valence-corrected chi connectivity index (χ3v) is 6.27. The number of ether oxygens (including phenoxy) is 1. The number of rotatable bonds is 10. The summed E-state index contributed by atoms with van der Waals surface area (Å²) in [5.41, 5.74) is 1.47. The Morgan fingerprint density at radius 1 is 1.22 bits per heavy atom. The van der Waals surface area contributed by atoms with Crippen LogP contribution in [0.4, 0.5) is 0 Å². The van der Waals surface area contributed by atoms with Gasteiger partial charge in [0.25, 0.3) is 5.56 Å². The minimum absolute atomic E-state index is 0.00210. The fraction of sp³-hybridized carbons (Fsp3) is 0.375. The maximum Gasteiger partial charge on any atom is 0.262 e. The summed E-state index contributed by atoms with van der Waals surface area (Å²) in [6, 6.07) is 15.0. The first-order chi connectivity index (χ1) is 15.4. The summed E-state index contributed by atoms with van der Waals surface area (Å²) >= 11 is 7.39. The van der Waals surface area contributed by atoms with Gasteiger partial charge in [0, 0.05) is 37.9 Å². The predicted octanol–water partition coefficient (Wildman–Crippen LogP) is 4.62. The van der Waals surface area contributed by atoms with Gasteiger partial charge in [-0.25, -0.2) is 4.98 Å². The number of carbonyl (C=O) groups is 1. The molecule has 0 N–H and O–H groups in total. The van der Waals surface area contributed by atoms with Crippen LogP contribution in [0.15, 0.2) is 58.5 Å². The second kappa shape index (κ2) is 11.5. The molecule has 0 aliphatic heterocycles. The third kappa shape index (κ3) is 6.12. The number of hydrogen-bond acceptors (Lipinski definition) is 5. The zero-order chi connectivity index (χ0) is 23.1. The summed E-state index contributed by atoms with van der Waals surface area (Å²) in [4.78, 5) is 32.7. The van der Waals surface area contributed by atoms with E-state index in [1.807, 2.05) is 49.1 Å². The van der Waals surface area contributed by atoms with Gasteiger partial charge in [0.1, 0.15) is 0 Å². The molecule has 32 heavy (non-hydrogen) atoms. The highest BCUT2D eigenvalue weighted by Gasteiger charge is 2.20. The molecule has 0 unspecified atom stereocenters. The first-order valence-corrected chi connectivity index (χ1v) is 11.9. The van der Waals surface area contributed by atoms with Crippen LogP contribution in [0.2, 0.25) is 5.02 Å². The van der Waals surface area contributed by atoms with Crippen LogP contribution in [-0.4, -0.2) is 45.9 Å². The van der Waals surface area contributed by atoms with Crippen LogP contribution in [0.3, 0.4) is 0 Å². The van der Waals surface area contributed by atoms with Crippen LogP contribution >= 0.6 is 23.4 Å². The molecule has 1 heterocycles. The lowest BCUT2D eigenvalue weighted by Gasteiger charge is -2.27. The molecule has 0 fully saturated rings. The van der Waals surface area contributed by atoms with Gasteiger partial charge in [-0.15, -0.1) is 0 Å². The lowest BCUT2D eigenvalue weighted by molar-refractivity contribution is -0.130. The zero-order valence-corrected chi connectivity index (χ0v) is 20.2. The van der Waals surface area contributed by atoms with Crippen LogP contribution in [-0.2, 0) is 22.6 Å². The molecule has 0 saturated heterocycles.